The third kappa shape index (κ3) is 3.26. The van der Waals surface area contributed by atoms with E-state index in [9.17, 15) is 4.79 Å². The molecule has 1 aromatic heterocycles. The molecule has 5 heteroatoms. The first-order valence-corrected chi connectivity index (χ1v) is 6.90. The van der Waals surface area contributed by atoms with Gasteiger partial charge in [0, 0.05) is 12.1 Å². The predicted octanol–water partition coefficient (Wildman–Crippen LogP) is 1.91. The Morgan fingerprint density at radius 1 is 1.71 bits per heavy atom. The van der Waals surface area contributed by atoms with E-state index in [1.807, 2.05) is 17.8 Å². The number of carbonyl (C=O) groups is 1. The predicted molar refractivity (Wildman–Crippen MR) is 67.2 cm³/mol. The maximum atomic E-state index is 11.4. The Morgan fingerprint density at radius 3 is 3.29 bits per heavy atom. The molecule has 0 aliphatic carbocycles. The molecular formula is C12H17NO3S. The van der Waals surface area contributed by atoms with Crippen molar-refractivity contribution in [2.75, 3.05) is 25.2 Å². The van der Waals surface area contributed by atoms with Gasteiger partial charge in [-0.05, 0) is 36.5 Å². The highest BCUT2D eigenvalue weighted by Gasteiger charge is 2.17. The Kier molecular flexibility index (Phi) is 4.50. The fraction of sp³-hybridized carbons (Fsp3) is 0.583. The average Bonchev–Trinajstić information content (AvgIpc) is 2.99. The van der Waals surface area contributed by atoms with Crippen LogP contribution in [0.5, 0.6) is 0 Å². The van der Waals surface area contributed by atoms with Gasteiger partial charge >= 0.3 is 5.97 Å². The summed E-state index contributed by atoms with van der Waals surface area (Å²) >= 11 is 2.01. The minimum absolute atomic E-state index is 0.306. The number of nitrogens with one attached hydrogen (secondary N) is 1. The molecule has 1 aliphatic rings. The van der Waals surface area contributed by atoms with Crippen LogP contribution in [-0.4, -0.2) is 31.1 Å². The molecule has 0 radical (unpaired) electrons. The van der Waals surface area contributed by atoms with Gasteiger partial charge in [-0.3, -0.25) is 0 Å². The second-order valence-electron chi connectivity index (χ2n) is 4.13. The van der Waals surface area contributed by atoms with Crippen molar-refractivity contribution < 1.29 is 13.9 Å². The number of rotatable bonds is 5. The van der Waals surface area contributed by atoms with Crippen LogP contribution < -0.4 is 5.32 Å². The molecule has 0 spiro atoms. The largest absolute Gasteiger partial charge is 0.463 e. The third-order valence-corrected chi connectivity index (χ3v) is 4.12. The highest BCUT2D eigenvalue weighted by molar-refractivity contribution is 7.99. The standard InChI is InChI=1S/C12H17NO3S/c1-15-12(14)11-10(2-4-16-11)7-13-6-9-3-5-17-8-9/h2,4,9,13H,3,5-8H2,1H3. The van der Waals surface area contributed by atoms with Gasteiger partial charge in [-0.25, -0.2) is 4.79 Å². The molecule has 0 aromatic carbocycles. The van der Waals surface area contributed by atoms with Crippen LogP contribution in [0.4, 0.5) is 0 Å². The summed E-state index contributed by atoms with van der Waals surface area (Å²) in [4.78, 5) is 11.4. The van der Waals surface area contributed by atoms with Crippen LogP contribution in [0.2, 0.25) is 0 Å². The van der Waals surface area contributed by atoms with Crippen LogP contribution in [-0.2, 0) is 11.3 Å². The molecule has 2 rings (SSSR count). The Hall–Kier alpha value is -0.940. The van der Waals surface area contributed by atoms with Crippen molar-refractivity contribution in [1.82, 2.24) is 5.32 Å². The van der Waals surface area contributed by atoms with Gasteiger partial charge in [0.1, 0.15) is 0 Å². The van der Waals surface area contributed by atoms with Crippen LogP contribution in [0.3, 0.4) is 0 Å². The summed E-state index contributed by atoms with van der Waals surface area (Å²) in [7, 11) is 1.36. The van der Waals surface area contributed by atoms with Gasteiger partial charge in [0.05, 0.1) is 13.4 Å². The minimum Gasteiger partial charge on any atom is -0.463 e. The molecule has 0 bridgehead atoms. The first-order valence-electron chi connectivity index (χ1n) is 5.74. The normalized spacial score (nSPS) is 19.5. The van der Waals surface area contributed by atoms with E-state index in [0.717, 1.165) is 18.0 Å². The molecule has 0 saturated carbocycles. The summed E-state index contributed by atoms with van der Waals surface area (Å²) in [5.74, 6) is 3.16. The quantitative estimate of drug-likeness (QED) is 0.814. The molecule has 0 amide bonds. The molecular weight excluding hydrogens is 238 g/mol. The van der Waals surface area contributed by atoms with Crippen LogP contribution in [0.1, 0.15) is 22.5 Å². The SMILES string of the molecule is COC(=O)c1occc1CNCC1CCSC1. The Balaban J connectivity index is 1.82. The smallest absolute Gasteiger partial charge is 0.374 e. The number of hydrogen-bond donors (Lipinski definition) is 1. The average molecular weight is 255 g/mol. The number of carbonyl (C=O) groups excluding carboxylic acids is 1. The minimum atomic E-state index is -0.414. The maximum absolute atomic E-state index is 11.4. The third-order valence-electron chi connectivity index (χ3n) is 2.89. The van der Waals surface area contributed by atoms with E-state index in [0.29, 0.717) is 12.3 Å². The molecule has 1 fully saturated rings. The topological polar surface area (TPSA) is 51.5 Å². The van der Waals surface area contributed by atoms with Gasteiger partial charge in [0.25, 0.3) is 0 Å². The van der Waals surface area contributed by atoms with E-state index in [2.05, 4.69) is 10.1 Å². The lowest BCUT2D eigenvalue weighted by Crippen LogP contribution is -2.22. The van der Waals surface area contributed by atoms with Gasteiger partial charge in [-0.15, -0.1) is 0 Å². The summed E-state index contributed by atoms with van der Waals surface area (Å²) in [6, 6.07) is 1.81. The Bertz CT molecular complexity index is 372. The van der Waals surface area contributed by atoms with E-state index in [1.54, 1.807) is 0 Å². The van der Waals surface area contributed by atoms with Crippen LogP contribution in [0.25, 0.3) is 0 Å². The summed E-state index contributed by atoms with van der Waals surface area (Å²) in [5, 5.41) is 3.37. The second kappa shape index (κ2) is 6.12. The number of esters is 1. The van der Waals surface area contributed by atoms with Crippen LogP contribution in [0.15, 0.2) is 16.7 Å². The van der Waals surface area contributed by atoms with Crippen molar-refractivity contribution in [2.24, 2.45) is 5.92 Å². The molecule has 1 N–H and O–H groups in total. The van der Waals surface area contributed by atoms with E-state index >= 15 is 0 Å². The lowest BCUT2D eigenvalue weighted by atomic mass is 10.1. The molecule has 17 heavy (non-hydrogen) atoms. The Morgan fingerprint density at radius 2 is 2.59 bits per heavy atom. The van der Waals surface area contributed by atoms with Gasteiger partial charge < -0.3 is 14.5 Å². The number of ether oxygens (including phenoxy) is 1. The molecule has 1 atom stereocenters. The van der Waals surface area contributed by atoms with Gasteiger partial charge in [-0.2, -0.15) is 11.8 Å². The fourth-order valence-corrected chi connectivity index (χ4v) is 3.19. The monoisotopic (exact) mass is 255 g/mol. The lowest BCUT2D eigenvalue weighted by Gasteiger charge is -2.09. The highest BCUT2D eigenvalue weighted by atomic mass is 32.2. The first kappa shape index (κ1) is 12.5. The van der Waals surface area contributed by atoms with Crippen LogP contribution in [0, 0.1) is 5.92 Å². The zero-order valence-electron chi connectivity index (χ0n) is 9.90. The molecule has 1 saturated heterocycles. The van der Waals surface area contributed by atoms with Crippen LogP contribution >= 0.6 is 11.8 Å². The molecule has 2 heterocycles. The lowest BCUT2D eigenvalue weighted by molar-refractivity contribution is 0.0563. The summed E-state index contributed by atoms with van der Waals surface area (Å²) in [6.45, 7) is 1.65. The molecule has 4 nitrogen and oxygen atoms in total. The van der Waals surface area contributed by atoms with Gasteiger partial charge in [0.2, 0.25) is 5.76 Å². The van der Waals surface area contributed by atoms with Crippen molar-refractivity contribution in [1.29, 1.82) is 0 Å². The first-order chi connectivity index (χ1) is 8.31. The summed E-state index contributed by atoms with van der Waals surface area (Å²) < 4.78 is 9.77. The van der Waals surface area contributed by atoms with Gasteiger partial charge in [0.15, 0.2) is 0 Å². The van der Waals surface area contributed by atoms with Crippen molar-refractivity contribution in [3.8, 4) is 0 Å². The fourth-order valence-electron chi connectivity index (χ4n) is 1.90. The molecule has 1 aromatic rings. The number of thioether (sulfide) groups is 1. The van der Waals surface area contributed by atoms with E-state index in [1.165, 1.54) is 31.3 Å². The molecule has 1 aliphatic heterocycles. The van der Waals surface area contributed by atoms with Crippen molar-refractivity contribution >= 4 is 17.7 Å². The van der Waals surface area contributed by atoms with E-state index < -0.39 is 5.97 Å². The van der Waals surface area contributed by atoms with E-state index in [-0.39, 0.29) is 0 Å². The number of hydrogen-bond acceptors (Lipinski definition) is 5. The number of methoxy groups -OCH3 is 1. The van der Waals surface area contributed by atoms with E-state index in [4.69, 9.17) is 4.42 Å². The zero-order chi connectivity index (χ0) is 12.1. The van der Waals surface area contributed by atoms with Gasteiger partial charge in [-0.1, -0.05) is 0 Å². The summed E-state index contributed by atoms with van der Waals surface area (Å²) in [6.07, 6.45) is 2.81. The van der Waals surface area contributed by atoms with Crippen molar-refractivity contribution in [3.63, 3.8) is 0 Å². The molecule has 94 valence electrons. The highest BCUT2D eigenvalue weighted by Crippen LogP contribution is 2.22. The van der Waals surface area contributed by atoms with Crippen molar-refractivity contribution in [3.05, 3.63) is 23.7 Å². The molecule has 1 unspecified atom stereocenters. The number of furan rings is 1. The summed E-state index contributed by atoms with van der Waals surface area (Å²) in [5.41, 5.74) is 0.863. The Labute approximate surface area is 105 Å². The van der Waals surface area contributed by atoms with Crippen molar-refractivity contribution in [2.45, 2.75) is 13.0 Å². The zero-order valence-corrected chi connectivity index (χ0v) is 10.7. The second-order valence-corrected chi connectivity index (χ2v) is 5.28. The maximum Gasteiger partial charge on any atom is 0.374 e.